The van der Waals surface area contributed by atoms with Crippen LogP contribution >= 0.6 is 0 Å². The van der Waals surface area contributed by atoms with Gasteiger partial charge in [0.25, 0.3) is 0 Å². The van der Waals surface area contributed by atoms with Gasteiger partial charge < -0.3 is 14.2 Å². The van der Waals surface area contributed by atoms with Gasteiger partial charge in [-0.15, -0.1) is 0 Å². The highest BCUT2D eigenvalue weighted by Gasteiger charge is 2.19. The summed E-state index contributed by atoms with van der Waals surface area (Å²) in [7, 11) is 0. The number of rotatable bonds is 52. The number of allylic oxidation sites excluding steroid dienone is 6. The first-order valence-corrected chi connectivity index (χ1v) is 28.5. The van der Waals surface area contributed by atoms with Gasteiger partial charge in [0.15, 0.2) is 6.10 Å². The minimum absolute atomic E-state index is 0.0828. The lowest BCUT2D eigenvalue weighted by Gasteiger charge is -2.18. The van der Waals surface area contributed by atoms with Gasteiger partial charge in [-0.2, -0.15) is 0 Å². The molecule has 0 amide bonds. The van der Waals surface area contributed by atoms with E-state index in [-0.39, 0.29) is 31.1 Å². The normalized spacial score (nSPS) is 12.2. The SMILES string of the molecule is CCCCCCCC/C=C\C/C=C\C/C=C\CCCC(=O)OCC(COC(=O)CCCCCCCCCCCCCCC)OC(=O)CCCCCCCCCCCCCCCCCCC. The maximum Gasteiger partial charge on any atom is 0.306 e. The van der Waals surface area contributed by atoms with Crippen LogP contribution in [0.5, 0.6) is 0 Å². The van der Waals surface area contributed by atoms with Gasteiger partial charge in [0.1, 0.15) is 13.2 Å². The van der Waals surface area contributed by atoms with Gasteiger partial charge in [-0.05, 0) is 51.4 Å². The number of hydrogen-bond acceptors (Lipinski definition) is 6. The molecule has 0 aromatic carbocycles. The first-order chi connectivity index (χ1) is 32.0. The van der Waals surface area contributed by atoms with E-state index in [1.165, 1.54) is 199 Å². The molecule has 0 saturated carbocycles. The van der Waals surface area contributed by atoms with E-state index in [9.17, 15) is 14.4 Å². The predicted molar refractivity (Wildman–Crippen MR) is 279 cm³/mol. The molecule has 0 aromatic heterocycles. The largest absolute Gasteiger partial charge is 0.462 e. The molecule has 380 valence electrons. The summed E-state index contributed by atoms with van der Waals surface area (Å²) in [5.74, 6) is -0.920. The number of carbonyl (C=O) groups excluding carboxylic acids is 3. The van der Waals surface area contributed by atoms with Crippen molar-refractivity contribution >= 4 is 17.9 Å². The molecule has 0 spiro atoms. The summed E-state index contributed by atoms with van der Waals surface area (Å²) in [6, 6.07) is 0. The maximum absolute atomic E-state index is 12.8. The Labute approximate surface area is 404 Å². The van der Waals surface area contributed by atoms with Gasteiger partial charge in [0.2, 0.25) is 0 Å². The van der Waals surface area contributed by atoms with E-state index in [0.717, 1.165) is 57.8 Å². The molecule has 0 saturated heterocycles. The zero-order chi connectivity index (χ0) is 47.2. The minimum Gasteiger partial charge on any atom is -0.462 e. The third kappa shape index (κ3) is 52.5. The molecule has 6 nitrogen and oxygen atoms in total. The maximum atomic E-state index is 12.8. The molecule has 0 radical (unpaired) electrons. The zero-order valence-corrected chi connectivity index (χ0v) is 43.5. The van der Waals surface area contributed by atoms with Gasteiger partial charge in [-0.25, -0.2) is 0 Å². The van der Waals surface area contributed by atoms with Crippen molar-refractivity contribution in [1.29, 1.82) is 0 Å². The average Bonchev–Trinajstić information content (AvgIpc) is 3.30. The van der Waals surface area contributed by atoms with Crippen molar-refractivity contribution in [2.75, 3.05) is 13.2 Å². The summed E-state index contributed by atoms with van der Waals surface area (Å²) in [6.45, 7) is 6.63. The van der Waals surface area contributed by atoms with E-state index in [4.69, 9.17) is 14.2 Å². The van der Waals surface area contributed by atoms with Crippen LogP contribution in [0.3, 0.4) is 0 Å². The van der Waals surface area contributed by atoms with Gasteiger partial charge in [0.05, 0.1) is 0 Å². The van der Waals surface area contributed by atoms with Gasteiger partial charge in [-0.3, -0.25) is 14.4 Å². The van der Waals surface area contributed by atoms with E-state index in [0.29, 0.717) is 25.7 Å². The lowest BCUT2D eigenvalue weighted by atomic mass is 10.0. The van der Waals surface area contributed by atoms with Crippen molar-refractivity contribution in [3.63, 3.8) is 0 Å². The Hall–Kier alpha value is -2.37. The van der Waals surface area contributed by atoms with Crippen LogP contribution < -0.4 is 0 Å². The third-order valence-corrected chi connectivity index (χ3v) is 12.6. The molecule has 0 N–H and O–H groups in total. The zero-order valence-electron chi connectivity index (χ0n) is 43.5. The molecule has 6 heteroatoms. The van der Waals surface area contributed by atoms with Gasteiger partial charge >= 0.3 is 17.9 Å². The van der Waals surface area contributed by atoms with Crippen LogP contribution in [0.2, 0.25) is 0 Å². The molecular weight excluding hydrogens is 805 g/mol. The third-order valence-electron chi connectivity index (χ3n) is 12.6. The Morgan fingerprint density at radius 1 is 0.308 bits per heavy atom. The molecule has 0 aliphatic carbocycles. The quantitative estimate of drug-likeness (QED) is 0.0262. The fourth-order valence-electron chi connectivity index (χ4n) is 8.34. The van der Waals surface area contributed by atoms with Crippen LogP contribution in [0.15, 0.2) is 36.5 Å². The van der Waals surface area contributed by atoms with Crippen LogP contribution in [0.1, 0.15) is 303 Å². The Balaban J connectivity index is 4.40. The van der Waals surface area contributed by atoms with Crippen molar-refractivity contribution in [3.8, 4) is 0 Å². The van der Waals surface area contributed by atoms with E-state index in [1.807, 2.05) is 0 Å². The highest BCUT2D eigenvalue weighted by molar-refractivity contribution is 5.71. The molecule has 1 unspecified atom stereocenters. The number of unbranched alkanes of at least 4 members (excludes halogenated alkanes) is 35. The number of ether oxygens (including phenoxy) is 3. The fourth-order valence-corrected chi connectivity index (χ4v) is 8.34. The van der Waals surface area contributed by atoms with Crippen molar-refractivity contribution in [3.05, 3.63) is 36.5 Å². The summed E-state index contributed by atoms with van der Waals surface area (Å²) < 4.78 is 16.8. The predicted octanol–water partition coefficient (Wildman–Crippen LogP) is 18.9. The first kappa shape index (κ1) is 62.6. The lowest BCUT2D eigenvalue weighted by molar-refractivity contribution is -0.167. The molecule has 0 aliphatic heterocycles. The smallest absolute Gasteiger partial charge is 0.306 e. The lowest BCUT2D eigenvalue weighted by Crippen LogP contribution is -2.30. The molecule has 65 heavy (non-hydrogen) atoms. The summed E-state index contributed by atoms with van der Waals surface area (Å²) in [4.78, 5) is 38.1. The number of hydrogen-bond donors (Lipinski definition) is 0. The Morgan fingerprint density at radius 2 is 0.569 bits per heavy atom. The Kier molecular flexibility index (Phi) is 52.3. The number of carbonyl (C=O) groups is 3. The fraction of sp³-hybridized carbons (Fsp3) is 0.847. The summed E-state index contributed by atoms with van der Waals surface area (Å²) >= 11 is 0. The van der Waals surface area contributed by atoms with Crippen molar-refractivity contribution < 1.29 is 28.6 Å². The van der Waals surface area contributed by atoms with E-state index in [2.05, 4.69) is 57.2 Å². The summed E-state index contributed by atoms with van der Waals surface area (Å²) in [5.41, 5.74) is 0. The van der Waals surface area contributed by atoms with Crippen molar-refractivity contribution in [2.24, 2.45) is 0 Å². The number of esters is 3. The summed E-state index contributed by atoms with van der Waals surface area (Å²) in [5, 5.41) is 0. The van der Waals surface area contributed by atoms with E-state index in [1.54, 1.807) is 0 Å². The molecular formula is C59H108O6. The Morgan fingerprint density at radius 3 is 0.923 bits per heavy atom. The van der Waals surface area contributed by atoms with E-state index >= 15 is 0 Å². The highest BCUT2D eigenvalue weighted by atomic mass is 16.6. The minimum atomic E-state index is -0.787. The topological polar surface area (TPSA) is 78.9 Å². The van der Waals surface area contributed by atoms with E-state index < -0.39 is 6.10 Å². The van der Waals surface area contributed by atoms with Crippen LogP contribution in [-0.4, -0.2) is 37.2 Å². The van der Waals surface area contributed by atoms with Crippen molar-refractivity contribution in [1.82, 2.24) is 0 Å². The molecule has 0 aromatic rings. The molecule has 0 fully saturated rings. The van der Waals surface area contributed by atoms with Crippen LogP contribution in [-0.2, 0) is 28.6 Å². The molecule has 0 heterocycles. The van der Waals surface area contributed by atoms with Gasteiger partial charge in [0, 0.05) is 19.3 Å². The molecule has 1 atom stereocenters. The molecule has 0 bridgehead atoms. The molecule has 0 rings (SSSR count). The van der Waals surface area contributed by atoms with Crippen molar-refractivity contribution in [2.45, 2.75) is 309 Å². The van der Waals surface area contributed by atoms with Crippen LogP contribution in [0, 0.1) is 0 Å². The average molecular weight is 914 g/mol. The second-order valence-corrected chi connectivity index (χ2v) is 19.2. The standard InChI is InChI=1S/C59H108O6/c1-4-7-10-13-16-19-22-25-27-29-31-34-37-40-43-46-49-52-58(61)64-55-56(54-63-57(60)51-48-45-42-39-36-33-24-21-18-15-12-9-6-3)65-59(62)53-50-47-44-41-38-35-32-30-28-26-23-20-17-14-11-8-5-2/h25,27,31,34,40,43,56H,4-24,26,28-30,32-33,35-39,41-42,44-55H2,1-3H3/b27-25-,34-31-,43-40-. The Bertz CT molecular complexity index is 1090. The first-order valence-electron chi connectivity index (χ1n) is 28.5. The second kappa shape index (κ2) is 54.2. The van der Waals surface area contributed by atoms with Crippen LogP contribution in [0.25, 0.3) is 0 Å². The van der Waals surface area contributed by atoms with Crippen LogP contribution in [0.4, 0.5) is 0 Å². The second-order valence-electron chi connectivity index (χ2n) is 19.2. The molecule has 0 aliphatic rings. The van der Waals surface area contributed by atoms with Gasteiger partial charge in [-0.1, -0.05) is 269 Å². The summed E-state index contributed by atoms with van der Waals surface area (Å²) in [6.07, 6.45) is 64.2. The highest BCUT2D eigenvalue weighted by Crippen LogP contribution is 2.16. The monoisotopic (exact) mass is 913 g/mol.